The fourth-order valence-electron chi connectivity index (χ4n) is 6.90. The molecule has 13 atom stereocenters. The van der Waals surface area contributed by atoms with Gasteiger partial charge in [0.25, 0.3) is 0 Å². The third-order valence-corrected chi connectivity index (χ3v) is 10.0. The van der Waals surface area contributed by atoms with Crippen molar-refractivity contribution in [1.29, 1.82) is 0 Å². The van der Waals surface area contributed by atoms with Crippen LogP contribution in [0.2, 0.25) is 0 Å². The molecule has 2 saturated heterocycles. The number of aliphatic hydroxyl groups excluding tert-OH is 1. The molecule has 0 bridgehead atoms. The number of nitrogens with zero attached hydrogens (tertiary/aromatic N) is 2. The summed E-state index contributed by atoms with van der Waals surface area (Å²) in [5.74, 6) is -2.33. The van der Waals surface area contributed by atoms with Gasteiger partial charge in [-0.15, -0.1) is 0 Å². The van der Waals surface area contributed by atoms with Gasteiger partial charge in [-0.05, 0) is 78.8 Å². The number of carbonyl (C=O) groups excluding carboxylic acids is 1. The van der Waals surface area contributed by atoms with E-state index in [1.165, 1.54) is 6.92 Å². The quantitative estimate of drug-likeness (QED) is 0.219. The van der Waals surface area contributed by atoms with Crippen molar-refractivity contribution in [1.82, 2.24) is 4.90 Å². The minimum atomic E-state index is -1.78. The van der Waals surface area contributed by atoms with Gasteiger partial charge in [0, 0.05) is 24.8 Å². The molecular weight excluding hydrogens is 552 g/mol. The molecule has 0 amide bonds. The molecule has 0 aromatic rings. The summed E-state index contributed by atoms with van der Waals surface area (Å²) in [5.41, 5.74) is -2.44. The van der Waals surface area contributed by atoms with Crippen LogP contribution in [-0.4, -0.2) is 101 Å². The van der Waals surface area contributed by atoms with Gasteiger partial charge < -0.3 is 39.3 Å². The molecule has 2 aliphatic heterocycles. The van der Waals surface area contributed by atoms with Crippen LogP contribution in [0.25, 0.3) is 0 Å². The van der Waals surface area contributed by atoms with Crippen LogP contribution >= 0.6 is 0 Å². The van der Waals surface area contributed by atoms with Crippen molar-refractivity contribution in [3.05, 3.63) is 0 Å². The Hall–Kier alpha value is -1.30. The summed E-state index contributed by atoms with van der Waals surface area (Å²) in [5, 5.41) is 39.6. The Morgan fingerprint density at radius 1 is 1.02 bits per heavy atom. The van der Waals surface area contributed by atoms with Gasteiger partial charge in [0.05, 0.1) is 35.5 Å². The summed E-state index contributed by atoms with van der Waals surface area (Å²) in [7, 11) is 3.88. The lowest BCUT2D eigenvalue weighted by Gasteiger charge is -2.44. The van der Waals surface area contributed by atoms with Crippen LogP contribution in [0.4, 0.5) is 0 Å². The van der Waals surface area contributed by atoms with Crippen LogP contribution in [0, 0.1) is 35.5 Å². The van der Waals surface area contributed by atoms with E-state index in [0.717, 1.165) is 6.42 Å². The Labute approximate surface area is 260 Å². The lowest BCUT2D eigenvalue weighted by Crippen LogP contribution is -2.57. The fraction of sp³-hybridized carbons (Fsp3) is 0.939. The molecule has 0 aliphatic carbocycles. The maximum atomic E-state index is 13.7. The molecule has 0 unspecified atom stereocenters. The van der Waals surface area contributed by atoms with Gasteiger partial charge in [-0.3, -0.25) is 4.79 Å². The number of hydrogen-bond acceptors (Lipinski definition) is 10. The summed E-state index contributed by atoms with van der Waals surface area (Å²) in [6, 6.07) is 0. The summed E-state index contributed by atoms with van der Waals surface area (Å²) >= 11 is 0. The van der Waals surface area contributed by atoms with E-state index >= 15 is 0 Å². The Bertz CT molecular complexity index is 899. The number of ether oxygens (including phenoxy) is 3. The minimum Gasteiger partial charge on any atom is -0.459 e. The molecule has 0 spiro atoms. The zero-order valence-electron chi connectivity index (χ0n) is 28.9. The lowest BCUT2D eigenvalue weighted by atomic mass is 9.70. The second kappa shape index (κ2) is 15.8. The molecule has 3 N–H and O–H groups in total. The van der Waals surface area contributed by atoms with E-state index < -0.39 is 53.6 Å². The maximum absolute atomic E-state index is 13.7. The molecule has 0 aromatic heterocycles. The Kier molecular flexibility index (Phi) is 13.9. The molecule has 10 nitrogen and oxygen atoms in total. The van der Waals surface area contributed by atoms with Crippen LogP contribution < -0.4 is 0 Å². The second-order valence-electron chi connectivity index (χ2n) is 14.4. The average Bonchev–Trinajstić information content (AvgIpc) is 2.90. The number of likely N-dealkylation sites (N-methyl/N-ethyl adjacent to an activating group) is 1. The van der Waals surface area contributed by atoms with Crippen molar-refractivity contribution in [2.24, 2.45) is 40.7 Å². The highest BCUT2D eigenvalue weighted by atomic mass is 16.7. The Morgan fingerprint density at radius 2 is 1.65 bits per heavy atom. The zero-order chi connectivity index (χ0) is 32.9. The number of aliphatic hydroxyl groups is 3. The van der Waals surface area contributed by atoms with Crippen LogP contribution in [0.15, 0.2) is 5.16 Å². The first-order valence-electron chi connectivity index (χ1n) is 16.3. The SMILES string of the molecule is CC[C@H]1OC(=O)[C@H](C)[C@@H](O[C@H]2C[C@H](C)C[C@H](C)O2)[C@H](C)[C@@H](C)[C@](C)(O)C[C@@H](C)/C(=N\OCCN(C)C)[C@H](C)[C@@H](O)[C@]1(C)O. The van der Waals surface area contributed by atoms with Crippen LogP contribution in [0.3, 0.4) is 0 Å². The van der Waals surface area contributed by atoms with Crippen molar-refractivity contribution in [2.45, 2.75) is 137 Å². The standard InChI is InChI=1S/C33H62N2O8/c1-13-26-33(10,39)30(36)23(6)28(34-40-15-14-35(11)12)20(3)18-32(9,38)25(8)22(5)29(24(7)31(37)42-26)43-27-17-19(2)16-21(4)41-27/h19-27,29-30,36,38-39H,13-18H2,1-12H3/b34-28+/t19-,20-,21+,22-,23+,24-,25-,26-,27+,29+,30-,32-,33-/m1/s1. The second-order valence-corrected chi connectivity index (χ2v) is 14.4. The topological polar surface area (TPSA) is 130 Å². The normalized spacial score (nSPS) is 45.1. The van der Waals surface area contributed by atoms with Crippen molar-refractivity contribution < 1.29 is 39.2 Å². The van der Waals surface area contributed by atoms with Crippen molar-refractivity contribution in [3.8, 4) is 0 Å². The first kappa shape index (κ1) is 37.9. The number of esters is 1. The van der Waals surface area contributed by atoms with E-state index in [-0.39, 0.29) is 23.9 Å². The van der Waals surface area contributed by atoms with Crippen molar-refractivity contribution in [3.63, 3.8) is 0 Å². The number of hydrogen-bond donors (Lipinski definition) is 3. The largest absolute Gasteiger partial charge is 0.459 e. The van der Waals surface area contributed by atoms with Gasteiger partial charge in [-0.1, -0.05) is 46.7 Å². The van der Waals surface area contributed by atoms with Gasteiger partial charge in [0.1, 0.15) is 18.3 Å². The molecule has 2 heterocycles. The van der Waals surface area contributed by atoms with E-state index in [1.807, 2.05) is 53.6 Å². The van der Waals surface area contributed by atoms with Gasteiger partial charge >= 0.3 is 5.97 Å². The molecule has 0 saturated carbocycles. The smallest absolute Gasteiger partial charge is 0.311 e. The first-order chi connectivity index (χ1) is 19.8. The zero-order valence-corrected chi connectivity index (χ0v) is 28.9. The van der Waals surface area contributed by atoms with Gasteiger partial charge in [0.2, 0.25) is 0 Å². The third-order valence-electron chi connectivity index (χ3n) is 10.0. The van der Waals surface area contributed by atoms with E-state index in [1.54, 1.807) is 20.8 Å². The number of carbonyl (C=O) groups is 1. The van der Waals surface area contributed by atoms with Crippen LogP contribution in [-0.2, 0) is 23.8 Å². The van der Waals surface area contributed by atoms with Crippen molar-refractivity contribution in [2.75, 3.05) is 27.2 Å². The summed E-state index contributed by atoms with van der Waals surface area (Å²) < 4.78 is 18.7. The highest BCUT2D eigenvalue weighted by molar-refractivity contribution is 5.88. The number of oxime groups is 1. The highest BCUT2D eigenvalue weighted by Crippen LogP contribution is 2.39. The van der Waals surface area contributed by atoms with Gasteiger partial charge in [-0.2, -0.15) is 0 Å². The van der Waals surface area contributed by atoms with E-state index in [4.69, 9.17) is 19.0 Å². The maximum Gasteiger partial charge on any atom is 0.311 e. The van der Waals surface area contributed by atoms with Gasteiger partial charge in [0.15, 0.2) is 6.29 Å². The van der Waals surface area contributed by atoms with E-state index in [2.05, 4.69) is 12.1 Å². The molecule has 2 fully saturated rings. The molecular formula is C33H62N2O8. The number of cyclic esters (lactones) is 1. The van der Waals surface area contributed by atoms with Crippen molar-refractivity contribution >= 4 is 11.7 Å². The predicted octanol–water partition coefficient (Wildman–Crippen LogP) is 4.24. The summed E-state index contributed by atoms with van der Waals surface area (Å²) in [4.78, 5) is 21.4. The summed E-state index contributed by atoms with van der Waals surface area (Å²) in [6.07, 6.45) is -1.10. The monoisotopic (exact) mass is 614 g/mol. The lowest BCUT2D eigenvalue weighted by molar-refractivity contribution is -0.245. The molecule has 2 rings (SSSR count). The fourth-order valence-corrected chi connectivity index (χ4v) is 6.90. The summed E-state index contributed by atoms with van der Waals surface area (Å²) in [6.45, 7) is 19.8. The molecule has 43 heavy (non-hydrogen) atoms. The number of rotatable bonds is 7. The van der Waals surface area contributed by atoms with Crippen LogP contribution in [0.5, 0.6) is 0 Å². The molecule has 0 radical (unpaired) electrons. The Balaban J connectivity index is 2.56. The van der Waals surface area contributed by atoms with Crippen LogP contribution in [0.1, 0.15) is 94.9 Å². The average molecular weight is 615 g/mol. The third kappa shape index (κ3) is 9.84. The highest BCUT2D eigenvalue weighted by Gasteiger charge is 2.49. The van der Waals surface area contributed by atoms with E-state index in [0.29, 0.717) is 44.0 Å². The molecule has 10 heteroatoms. The molecule has 0 aromatic carbocycles. The predicted molar refractivity (Wildman–Crippen MR) is 167 cm³/mol. The molecule has 252 valence electrons. The molecule has 2 aliphatic rings. The first-order valence-corrected chi connectivity index (χ1v) is 16.3. The Morgan fingerprint density at radius 3 is 2.21 bits per heavy atom. The minimum absolute atomic E-state index is 0.0342. The van der Waals surface area contributed by atoms with Gasteiger partial charge in [-0.25, -0.2) is 0 Å². The van der Waals surface area contributed by atoms with E-state index in [9.17, 15) is 20.1 Å².